The fourth-order valence-electron chi connectivity index (χ4n) is 3.03. The zero-order valence-electron chi connectivity index (χ0n) is 13.7. The van der Waals surface area contributed by atoms with Gasteiger partial charge in [0, 0.05) is 39.1 Å². The normalized spacial score (nSPS) is 29.0. The number of nitrogens with zero attached hydrogens (tertiary/aromatic N) is 2. The molecule has 0 spiro atoms. The molecule has 3 atom stereocenters. The van der Waals surface area contributed by atoms with Crippen LogP contribution in [0, 0.1) is 22.0 Å². The number of nitrogens with one attached hydrogen (secondary N) is 1. The SMILES string of the molecule is CCCOC1CC(C)C([N+](=O)[O-])=C(NCC2CCOC2)N1C. The van der Waals surface area contributed by atoms with Crippen LogP contribution in [-0.4, -0.2) is 49.5 Å². The molecule has 0 aromatic rings. The maximum Gasteiger partial charge on any atom is 0.288 e. The molecule has 0 bridgehead atoms. The number of ether oxygens (including phenoxy) is 2. The van der Waals surface area contributed by atoms with E-state index in [1.54, 1.807) is 0 Å². The average Bonchev–Trinajstić information content (AvgIpc) is 2.98. The van der Waals surface area contributed by atoms with Gasteiger partial charge in [0.05, 0.1) is 17.4 Å². The number of hydrogen-bond donors (Lipinski definition) is 1. The molecule has 0 aromatic carbocycles. The number of nitro groups is 1. The second-order valence-corrected chi connectivity index (χ2v) is 6.17. The molecule has 2 heterocycles. The van der Waals surface area contributed by atoms with Gasteiger partial charge >= 0.3 is 0 Å². The Hall–Kier alpha value is -1.34. The lowest BCUT2D eigenvalue weighted by atomic mass is 9.98. The molecule has 1 N–H and O–H groups in total. The van der Waals surface area contributed by atoms with E-state index in [2.05, 4.69) is 12.2 Å². The van der Waals surface area contributed by atoms with Crippen molar-refractivity contribution in [3.05, 3.63) is 21.6 Å². The van der Waals surface area contributed by atoms with Crippen molar-refractivity contribution in [1.29, 1.82) is 0 Å². The van der Waals surface area contributed by atoms with Crippen molar-refractivity contribution < 1.29 is 14.4 Å². The van der Waals surface area contributed by atoms with Crippen LogP contribution in [0.25, 0.3) is 0 Å². The van der Waals surface area contributed by atoms with Gasteiger partial charge in [0.1, 0.15) is 6.23 Å². The third-order valence-electron chi connectivity index (χ3n) is 4.34. The first-order valence-corrected chi connectivity index (χ1v) is 8.09. The summed E-state index contributed by atoms with van der Waals surface area (Å²) in [5.41, 5.74) is 0.262. The van der Waals surface area contributed by atoms with Crippen molar-refractivity contribution in [3.8, 4) is 0 Å². The molecular weight excluding hydrogens is 286 g/mol. The van der Waals surface area contributed by atoms with Crippen LogP contribution in [0.3, 0.4) is 0 Å². The minimum Gasteiger partial charge on any atom is -0.381 e. The van der Waals surface area contributed by atoms with Gasteiger partial charge in [-0.3, -0.25) is 10.1 Å². The molecule has 7 heteroatoms. The summed E-state index contributed by atoms with van der Waals surface area (Å²) in [4.78, 5) is 13.1. The molecule has 0 amide bonds. The maximum atomic E-state index is 11.5. The Morgan fingerprint density at radius 2 is 2.32 bits per heavy atom. The van der Waals surface area contributed by atoms with Gasteiger partial charge in [0.15, 0.2) is 5.82 Å². The van der Waals surface area contributed by atoms with Crippen LogP contribution in [0.4, 0.5) is 0 Å². The van der Waals surface area contributed by atoms with Crippen molar-refractivity contribution >= 4 is 0 Å². The van der Waals surface area contributed by atoms with Gasteiger partial charge in [-0.1, -0.05) is 13.8 Å². The van der Waals surface area contributed by atoms with Gasteiger partial charge in [-0.25, -0.2) is 0 Å². The second-order valence-electron chi connectivity index (χ2n) is 6.17. The summed E-state index contributed by atoms with van der Waals surface area (Å²) >= 11 is 0. The molecule has 2 aliphatic heterocycles. The van der Waals surface area contributed by atoms with E-state index in [0.717, 1.165) is 26.1 Å². The van der Waals surface area contributed by atoms with Crippen LogP contribution >= 0.6 is 0 Å². The zero-order chi connectivity index (χ0) is 16.1. The van der Waals surface area contributed by atoms with Gasteiger partial charge in [-0.2, -0.15) is 0 Å². The van der Waals surface area contributed by atoms with Gasteiger partial charge < -0.3 is 19.7 Å². The molecule has 1 saturated heterocycles. The first-order valence-electron chi connectivity index (χ1n) is 8.09. The van der Waals surface area contributed by atoms with Crippen molar-refractivity contribution in [2.45, 2.75) is 39.3 Å². The fourth-order valence-corrected chi connectivity index (χ4v) is 3.03. The third-order valence-corrected chi connectivity index (χ3v) is 4.34. The van der Waals surface area contributed by atoms with Crippen molar-refractivity contribution in [3.63, 3.8) is 0 Å². The molecule has 0 saturated carbocycles. The van der Waals surface area contributed by atoms with E-state index in [-0.39, 0.29) is 22.8 Å². The van der Waals surface area contributed by atoms with Gasteiger partial charge in [-0.05, 0) is 12.8 Å². The average molecular weight is 313 g/mol. The molecule has 0 radical (unpaired) electrons. The van der Waals surface area contributed by atoms with E-state index in [9.17, 15) is 10.1 Å². The smallest absolute Gasteiger partial charge is 0.288 e. The quantitative estimate of drug-likeness (QED) is 0.570. The minimum atomic E-state index is -0.259. The highest BCUT2D eigenvalue weighted by molar-refractivity contribution is 5.12. The van der Waals surface area contributed by atoms with Crippen LogP contribution in [0.15, 0.2) is 11.5 Å². The standard InChI is InChI=1S/C15H27N3O4/c1-4-6-22-13-8-11(2)14(18(19)20)15(17(13)3)16-9-12-5-7-21-10-12/h11-13,16H,4-10H2,1-3H3. The molecule has 0 aromatic heterocycles. The Bertz CT molecular complexity index is 421. The summed E-state index contributed by atoms with van der Waals surface area (Å²) in [6.45, 7) is 6.83. The summed E-state index contributed by atoms with van der Waals surface area (Å²) in [7, 11) is 1.86. The summed E-state index contributed by atoms with van der Waals surface area (Å²) in [6.07, 6.45) is 2.47. The second kappa shape index (κ2) is 7.78. The van der Waals surface area contributed by atoms with Crippen LogP contribution in [0.1, 0.15) is 33.1 Å². The maximum absolute atomic E-state index is 11.5. The van der Waals surface area contributed by atoms with E-state index in [1.165, 1.54) is 0 Å². The minimum absolute atomic E-state index is 0.110. The number of allylic oxidation sites excluding steroid dienone is 1. The summed E-state index contributed by atoms with van der Waals surface area (Å²) in [5, 5.41) is 14.7. The van der Waals surface area contributed by atoms with Crippen LogP contribution in [-0.2, 0) is 9.47 Å². The molecule has 2 aliphatic rings. The van der Waals surface area contributed by atoms with Crippen LogP contribution < -0.4 is 5.32 Å². The summed E-state index contributed by atoms with van der Waals surface area (Å²) in [6, 6.07) is 0. The molecule has 1 fully saturated rings. The molecule has 126 valence electrons. The lowest BCUT2D eigenvalue weighted by Crippen LogP contribution is -2.46. The lowest BCUT2D eigenvalue weighted by Gasteiger charge is -2.37. The highest BCUT2D eigenvalue weighted by Gasteiger charge is 2.38. The van der Waals surface area contributed by atoms with E-state index in [1.807, 2.05) is 18.9 Å². The van der Waals surface area contributed by atoms with Crippen LogP contribution in [0.5, 0.6) is 0 Å². The topological polar surface area (TPSA) is 76.9 Å². The Morgan fingerprint density at radius 1 is 1.55 bits per heavy atom. The third kappa shape index (κ3) is 3.89. The predicted molar refractivity (Wildman–Crippen MR) is 82.5 cm³/mol. The summed E-state index contributed by atoms with van der Waals surface area (Å²) < 4.78 is 11.2. The fraction of sp³-hybridized carbons (Fsp3) is 0.867. The van der Waals surface area contributed by atoms with E-state index in [4.69, 9.17) is 9.47 Å². The van der Waals surface area contributed by atoms with Crippen molar-refractivity contribution in [1.82, 2.24) is 10.2 Å². The Balaban J connectivity index is 2.12. The molecule has 7 nitrogen and oxygen atoms in total. The zero-order valence-corrected chi connectivity index (χ0v) is 13.7. The van der Waals surface area contributed by atoms with E-state index in [0.29, 0.717) is 31.3 Å². The first kappa shape index (κ1) is 17.0. The van der Waals surface area contributed by atoms with Gasteiger partial charge in [0.2, 0.25) is 0 Å². The van der Waals surface area contributed by atoms with Gasteiger partial charge in [-0.15, -0.1) is 0 Å². The van der Waals surface area contributed by atoms with Crippen molar-refractivity contribution in [2.75, 3.05) is 33.4 Å². The lowest BCUT2D eigenvalue weighted by molar-refractivity contribution is -0.439. The first-order chi connectivity index (χ1) is 10.5. The largest absolute Gasteiger partial charge is 0.381 e. The van der Waals surface area contributed by atoms with Gasteiger partial charge in [0.25, 0.3) is 5.70 Å². The Morgan fingerprint density at radius 3 is 2.91 bits per heavy atom. The predicted octanol–water partition coefficient (Wildman–Crippen LogP) is 1.78. The van der Waals surface area contributed by atoms with Crippen molar-refractivity contribution in [2.24, 2.45) is 11.8 Å². The van der Waals surface area contributed by atoms with E-state index < -0.39 is 0 Å². The molecular formula is C15H27N3O4. The van der Waals surface area contributed by atoms with E-state index >= 15 is 0 Å². The molecule has 0 aliphatic carbocycles. The molecule has 22 heavy (non-hydrogen) atoms. The monoisotopic (exact) mass is 313 g/mol. The molecule has 3 unspecified atom stereocenters. The molecule has 2 rings (SSSR count). The number of hydrogen-bond acceptors (Lipinski definition) is 6. The Labute approximate surface area is 131 Å². The highest BCUT2D eigenvalue weighted by atomic mass is 16.6. The number of rotatable bonds is 7. The Kier molecular flexibility index (Phi) is 6.02. The summed E-state index contributed by atoms with van der Waals surface area (Å²) in [5.74, 6) is 0.883. The highest BCUT2D eigenvalue weighted by Crippen LogP contribution is 2.30. The van der Waals surface area contributed by atoms with Crippen LogP contribution in [0.2, 0.25) is 0 Å².